The number of aromatic amines is 1. The molecular formula is C15H21N3. The van der Waals surface area contributed by atoms with Gasteiger partial charge in [0.25, 0.3) is 0 Å². The van der Waals surface area contributed by atoms with Crippen molar-refractivity contribution in [2.24, 2.45) is 0 Å². The highest BCUT2D eigenvalue weighted by Gasteiger charge is 2.19. The SMILES string of the molecule is CNC(c1cn[nH]c1)c1c(C)c(C)cc(C)c1C. The van der Waals surface area contributed by atoms with Gasteiger partial charge in [-0.1, -0.05) is 6.07 Å². The Labute approximate surface area is 109 Å². The van der Waals surface area contributed by atoms with Crippen molar-refractivity contribution in [1.29, 1.82) is 0 Å². The van der Waals surface area contributed by atoms with Crippen molar-refractivity contribution in [2.75, 3.05) is 7.05 Å². The van der Waals surface area contributed by atoms with Crippen molar-refractivity contribution >= 4 is 0 Å². The summed E-state index contributed by atoms with van der Waals surface area (Å²) in [5.74, 6) is 0. The van der Waals surface area contributed by atoms with Gasteiger partial charge in [0.15, 0.2) is 0 Å². The van der Waals surface area contributed by atoms with Gasteiger partial charge in [0.1, 0.15) is 0 Å². The van der Waals surface area contributed by atoms with Crippen molar-refractivity contribution in [3.8, 4) is 0 Å². The van der Waals surface area contributed by atoms with Crippen LogP contribution in [0, 0.1) is 27.7 Å². The number of hydrogen-bond acceptors (Lipinski definition) is 2. The molecule has 0 amide bonds. The van der Waals surface area contributed by atoms with Gasteiger partial charge < -0.3 is 5.32 Å². The minimum Gasteiger partial charge on any atom is -0.309 e. The van der Waals surface area contributed by atoms with Gasteiger partial charge in [0, 0.05) is 11.8 Å². The molecule has 0 saturated carbocycles. The Morgan fingerprint density at radius 1 is 1.11 bits per heavy atom. The van der Waals surface area contributed by atoms with Gasteiger partial charge in [-0.15, -0.1) is 0 Å². The highest BCUT2D eigenvalue weighted by molar-refractivity contribution is 5.48. The molecule has 1 atom stereocenters. The zero-order valence-corrected chi connectivity index (χ0v) is 11.8. The van der Waals surface area contributed by atoms with Gasteiger partial charge in [-0.25, -0.2) is 0 Å². The number of rotatable bonds is 3. The lowest BCUT2D eigenvalue weighted by molar-refractivity contribution is 0.681. The Morgan fingerprint density at radius 3 is 2.17 bits per heavy atom. The van der Waals surface area contributed by atoms with Crippen LogP contribution in [0.3, 0.4) is 0 Å². The molecule has 0 spiro atoms. The maximum Gasteiger partial charge on any atom is 0.0610 e. The molecule has 1 unspecified atom stereocenters. The maximum absolute atomic E-state index is 4.06. The van der Waals surface area contributed by atoms with Crippen molar-refractivity contribution < 1.29 is 0 Å². The van der Waals surface area contributed by atoms with E-state index in [2.05, 4.69) is 49.3 Å². The molecule has 1 aromatic carbocycles. The lowest BCUT2D eigenvalue weighted by atomic mass is 9.88. The van der Waals surface area contributed by atoms with Gasteiger partial charge in [-0.3, -0.25) is 5.10 Å². The predicted octanol–water partition coefficient (Wildman–Crippen LogP) is 2.95. The number of aryl methyl sites for hydroxylation is 2. The fraction of sp³-hybridized carbons (Fsp3) is 0.400. The molecule has 0 bridgehead atoms. The first kappa shape index (κ1) is 12.8. The fourth-order valence-electron chi connectivity index (χ4n) is 2.58. The summed E-state index contributed by atoms with van der Waals surface area (Å²) in [5, 5.41) is 10.3. The number of H-pyrrole nitrogens is 1. The van der Waals surface area contributed by atoms with Gasteiger partial charge in [-0.05, 0) is 62.6 Å². The third-order valence-corrected chi connectivity index (χ3v) is 3.85. The monoisotopic (exact) mass is 243 g/mol. The molecule has 2 aromatic rings. The van der Waals surface area contributed by atoms with Crippen LogP contribution < -0.4 is 5.32 Å². The summed E-state index contributed by atoms with van der Waals surface area (Å²) in [4.78, 5) is 0. The molecule has 2 rings (SSSR count). The summed E-state index contributed by atoms with van der Waals surface area (Å²) in [6, 6.07) is 2.46. The van der Waals surface area contributed by atoms with E-state index in [9.17, 15) is 0 Å². The van der Waals surface area contributed by atoms with Gasteiger partial charge in [0.2, 0.25) is 0 Å². The lowest BCUT2D eigenvalue weighted by Crippen LogP contribution is -2.20. The van der Waals surface area contributed by atoms with Gasteiger partial charge in [-0.2, -0.15) is 5.10 Å². The summed E-state index contributed by atoms with van der Waals surface area (Å²) in [7, 11) is 1.99. The molecular weight excluding hydrogens is 222 g/mol. The Bertz CT molecular complexity index is 515. The molecule has 1 heterocycles. The summed E-state index contributed by atoms with van der Waals surface area (Å²) in [6.45, 7) is 8.74. The molecule has 96 valence electrons. The second-order valence-electron chi connectivity index (χ2n) is 4.93. The first-order valence-corrected chi connectivity index (χ1v) is 6.29. The van der Waals surface area contributed by atoms with Crippen LogP contribution in [0.15, 0.2) is 18.5 Å². The van der Waals surface area contributed by atoms with Crippen LogP contribution >= 0.6 is 0 Å². The second kappa shape index (κ2) is 4.94. The molecule has 0 aliphatic carbocycles. The van der Waals surface area contributed by atoms with Crippen LogP contribution in [0.4, 0.5) is 0 Å². The zero-order valence-electron chi connectivity index (χ0n) is 11.8. The molecule has 0 aliphatic rings. The van der Waals surface area contributed by atoms with E-state index in [0.717, 1.165) is 0 Å². The number of benzene rings is 1. The van der Waals surface area contributed by atoms with E-state index in [1.54, 1.807) is 0 Å². The molecule has 0 fully saturated rings. The van der Waals surface area contributed by atoms with E-state index >= 15 is 0 Å². The Kier molecular flexibility index (Phi) is 3.53. The van der Waals surface area contributed by atoms with Crippen molar-refractivity contribution in [1.82, 2.24) is 15.5 Å². The smallest absolute Gasteiger partial charge is 0.0610 e. The van der Waals surface area contributed by atoms with E-state index in [4.69, 9.17) is 0 Å². The number of hydrogen-bond donors (Lipinski definition) is 2. The Balaban J connectivity index is 2.62. The number of nitrogens with zero attached hydrogens (tertiary/aromatic N) is 1. The van der Waals surface area contributed by atoms with Crippen LogP contribution in [-0.2, 0) is 0 Å². The summed E-state index contributed by atoms with van der Waals surface area (Å²) >= 11 is 0. The van der Waals surface area contributed by atoms with Crippen LogP contribution in [0.25, 0.3) is 0 Å². The normalized spacial score (nSPS) is 12.7. The van der Waals surface area contributed by atoms with E-state index in [1.165, 1.54) is 33.4 Å². The maximum atomic E-state index is 4.06. The molecule has 2 N–H and O–H groups in total. The van der Waals surface area contributed by atoms with Gasteiger partial charge >= 0.3 is 0 Å². The third kappa shape index (κ3) is 2.06. The molecule has 18 heavy (non-hydrogen) atoms. The van der Waals surface area contributed by atoms with Crippen LogP contribution in [0.5, 0.6) is 0 Å². The first-order chi connectivity index (χ1) is 8.56. The van der Waals surface area contributed by atoms with E-state index < -0.39 is 0 Å². The first-order valence-electron chi connectivity index (χ1n) is 6.29. The Hall–Kier alpha value is -1.61. The Morgan fingerprint density at radius 2 is 1.72 bits per heavy atom. The van der Waals surface area contributed by atoms with Crippen molar-refractivity contribution in [3.05, 3.63) is 51.8 Å². The van der Waals surface area contributed by atoms with E-state index in [1.807, 2.05) is 19.4 Å². The molecule has 0 aliphatic heterocycles. The molecule has 3 heteroatoms. The molecule has 0 radical (unpaired) electrons. The predicted molar refractivity (Wildman–Crippen MR) is 74.9 cm³/mol. The van der Waals surface area contributed by atoms with Crippen LogP contribution in [-0.4, -0.2) is 17.2 Å². The van der Waals surface area contributed by atoms with Crippen molar-refractivity contribution in [3.63, 3.8) is 0 Å². The highest BCUT2D eigenvalue weighted by Crippen LogP contribution is 2.30. The summed E-state index contributed by atoms with van der Waals surface area (Å²) in [6.07, 6.45) is 3.84. The second-order valence-corrected chi connectivity index (χ2v) is 4.93. The van der Waals surface area contributed by atoms with E-state index in [0.29, 0.717) is 0 Å². The average molecular weight is 243 g/mol. The van der Waals surface area contributed by atoms with Crippen LogP contribution in [0.2, 0.25) is 0 Å². The topological polar surface area (TPSA) is 40.7 Å². The fourth-order valence-corrected chi connectivity index (χ4v) is 2.58. The third-order valence-electron chi connectivity index (χ3n) is 3.85. The summed E-state index contributed by atoms with van der Waals surface area (Å²) in [5.41, 5.74) is 7.95. The molecule has 1 aromatic heterocycles. The van der Waals surface area contributed by atoms with Crippen LogP contribution in [0.1, 0.15) is 39.4 Å². The lowest BCUT2D eigenvalue weighted by Gasteiger charge is -2.23. The standard InChI is InChI=1S/C15H21N3/c1-9-6-10(2)12(4)14(11(9)3)15(16-5)13-7-17-18-8-13/h6-8,15-16H,1-5H3,(H,17,18). The summed E-state index contributed by atoms with van der Waals surface area (Å²) < 4.78 is 0. The van der Waals surface area contributed by atoms with Gasteiger partial charge in [0.05, 0.1) is 12.2 Å². The van der Waals surface area contributed by atoms with E-state index in [-0.39, 0.29) is 6.04 Å². The quantitative estimate of drug-likeness (QED) is 0.870. The minimum atomic E-state index is 0.197. The molecule has 0 saturated heterocycles. The average Bonchev–Trinajstić information content (AvgIpc) is 2.85. The minimum absolute atomic E-state index is 0.197. The van der Waals surface area contributed by atoms with Crippen molar-refractivity contribution in [2.45, 2.75) is 33.7 Å². The number of aromatic nitrogens is 2. The molecule has 3 nitrogen and oxygen atoms in total. The zero-order chi connectivity index (χ0) is 13.3. The largest absolute Gasteiger partial charge is 0.309 e. The highest BCUT2D eigenvalue weighted by atomic mass is 15.1. The number of nitrogens with one attached hydrogen (secondary N) is 2.